The van der Waals surface area contributed by atoms with Gasteiger partial charge in [0.1, 0.15) is 12.1 Å². The Kier molecular flexibility index (Phi) is 3.92. The molecule has 0 fully saturated rings. The van der Waals surface area contributed by atoms with E-state index in [1.807, 2.05) is 24.3 Å². The highest BCUT2D eigenvalue weighted by Gasteiger charge is 2.26. The SMILES string of the molecule is C#Cc1cccc(N2CN(C)c3cc4c(N)ncnc4cc32)c1.Cl. The summed E-state index contributed by atoms with van der Waals surface area (Å²) in [5, 5.41) is 0.873. The molecular formula is C18H16ClN5. The number of nitrogens with zero attached hydrogens (tertiary/aromatic N) is 4. The first kappa shape index (κ1) is 15.9. The fourth-order valence-corrected chi connectivity index (χ4v) is 2.97. The maximum absolute atomic E-state index is 5.97. The van der Waals surface area contributed by atoms with Gasteiger partial charge in [-0.15, -0.1) is 18.8 Å². The predicted molar refractivity (Wildman–Crippen MR) is 101 cm³/mol. The molecule has 6 heteroatoms. The maximum Gasteiger partial charge on any atom is 0.134 e. The number of benzene rings is 2. The van der Waals surface area contributed by atoms with Gasteiger partial charge >= 0.3 is 0 Å². The molecule has 0 saturated carbocycles. The van der Waals surface area contributed by atoms with Crippen LogP contribution >= 0.6 is 12.4 Å². The number of terminal acetylenes is 1. The van der Waals surface area contributed by atoms with Gasteiger partial charge in [-0.1, -0.05) is 12.0 Å². The molecule has 0 spiro atoms. The lowest BCUT2D eigenvalue weighted by Gasteiger charge is -2.19. The van der Waals surface area contributed by atoms with Crippen molar-refractivity contribution in [1.82, 2.24) is 9.97 Å². The zero-order valence-corrected chi connectivity index (χ0v) is 13.9. The van der Waals surface area contributed by atoms with Crippen molar-refractivity contribution >= 4 is 46.2 Å². The molecule has 0 bridgehead atoms. The molecule has 0 radical (unpaired) electrons. The molecule has 1 aliphatic heterocycles. The van der Waals surface area contributed by atoms with Gasteiger partial charge in [-0.25, -0.2) is 9.97 Å². The van der Waals surface area contributed by atoms with Crippen LogP contribution in [0.2, 0.25) is 0 Å². The molecule has 0 amide bonds. The van der Waals surface area contributed by atoms with Gasteiger partial charge in [0, 0.05) is 23.7 Å². The summed E-state index contributed by atoms with van der Waals surface area (Å²) in [6.07, 6.45) is 7.01. The van der Waals surface area contributed by atoms with Gasteiger partial charge in [-0.3, -0.25) is 0 Å². The fraction of sp³-hybridized carbons (Fsp3) is 0.111. The highest BCUT2D eigenvalue weighted by atomic mass is 35.5. The zero-order chi connectivity index (χ0) is 16.0. The first-order chi connectivity index (χ1) is 11.2. The number of anilines is 4. The second kappa shape index (κ2) is 5.91. The summed E-state index contributed by atoms with van der Waals surface area (Å²) in [4.78, 5) is 12.8. The number of halogens is 1. The number of hydrogen-bond acceptors (Lipinski definition) is 5. The zero-order valence-electron chi connectivity index (χ0n) is 13.1. The van der Waals surface area contributed by atoms with Crippen LogP contribution in [-0.4, -0.2) is 23.7 Å². The van der Waals surface area contributed by atoms with Gasteiger partial charge in [-0.2, -0.15) is 0 Å². The number of fused-ring (bicyclic) bond motifs is 2. The number of nitrogen functional groups attached to an aromatic ring is 1. The van der Waals surface area contributed by atoms with E-state index in [1.165, 1.54) is 6.33 Å². The van der Waals surface area contributed by atoms with Crippen LogP contribution in [0.5, 0.6) is 0 Å². The van der Waals surface area contributed by atoms with E-state index in [-0.39, 0.29) is 12.4 Å². The summed E-state index contributed by atoms with van der Waals surface area (Å²) in [6, 6.07) is 12.1. The molecule has 4 rings (SSSR count). The maximum atomic E-state index is 5.97. The Hall–Kier alpha value is -2.97. The monoisotopic (exact) mass is 337 g/mol. The molecular weight excluding hydrogens is 322 g/mol. The Morgan fingerprint density at radius 1 is 1.17 bits per heavy atom. The minimum Gasteiger partial charge on any atom is -0.383 e. The van der Waals surface area contributed by atoms with E-state index in [0.29, 0.717) is 5.82 Å². The Morgan fingerprint density at radius 3 is 2.79 bits per heavy atom. The van der Waals surface area contributed by atoms with Gasteiger partial charge in [0.2, 0.25) is 0 Å². The fourth-order valence-electron chi connectivity index (χ4n) is 2.97. The van der Waals surface area contributed by atoms with Gasteiger partial charge < -0.3 is 15.5 Å². The smallest absolute Gasteiger partial charge is 0.134 e. The van der Waals surface area contributed by atoms with Gasteiger partial charge in [-0.05, 0) is 30.3 Å². The van der Waals surface area contributed by atoms with Crippen molar-refractivity contribution in [3.05, 3.63) is 48.3 Å². The van der Waals surface area contributed by atoms with Crippen molar-refractivity contribution in [3.8, 4) is 12.3 Å². The molecule has 1 aromatic heterocycles. The number of aromatic nitrogens is 2. The van der Waals surface area contributed by atoms with E-state index < -0.39 is 0 Å². The molecule has 3 aromatic rings. The third-order valence-corrected chi connectivity index (χ3v) is 4.14. The third-order valence-electron chi connectivity index (χ3n) is 4.14. The molecule has 120 valence electrons. The van der Waals surface area contributed by atoms with Crippen molar-refractivity contribution < 1.29 is 0 Å². The Bertz CT molecular complexity index is 963. The molecule has 2 aromatic carbocycles. The lowest BCUT2D eigenvalue weighted by molar-refractivity contribution is 0.950. The van der Waals surface area contributed by atoms with E-state index in [0.717, 1.165) is 40.2 Å². The summed E-state index contributed by atoms with van der Waals surface area (Å²) in [6.45, 7) is 0.743. The second-order valence-electron chi connectivity index (χ2n) is 5.58. The van der Waals surface area contributed by atoms with Crippen LogP contribution in [0.3, 0.4) is 0 Å². The normalized spacial score (nSPS) is 12.7. The average molecular weight is 338 g/mol. The highest BCUT2D eigenvalue weighted by Crippen LogP contribution is 2.42. The first-order valence-electron chi connectivity index (χ1n) is 7.27. The lowest BCUT2D eigenvalue weighted by Crippen LogP contribution is -2.23. The second-order valence-corrected chi connectivity index (χ2v) is 5.58. The summed E-state index contributed by atoms with van der Waals surface area (Å²) in [7, 11) is 2.05. The molecule has 2 heterocycles. The minimum absolute atomic E-state index is 0. The van der Waals surface area contributed by atoms with Crippen LogP contribution in [0.4, 0.5) is 22.9 Å². The van der Waals surface area contributed by atoms with Crippen molar-refractivity contribution in [3.63, 3.8) is 0 Å². The lowest BCUT2D eigenvalue weighted by atomic mass is 10.1. The third kappa shape index (κ3) is 2.38. The Morgan fingerprint density at radius 2 is 2.00 bits per heavy atom. The van der Waals surface area contributed by atoms with Crippen molar-refractivity contribution in [2.75, 3.05) is 29.2 Å². The first-order valence-corrected chi connectivity index (χ1v) is 7.27. The van der Waals surface area contributed by atoms with Crippen LogP contribution in [-0.2, 0) is 0 Å². The summed E-state index contributed by atoms with van der Waals surface area (Å²) < 4.78 is 0. The molecule has 1 aliphatic rings. The van der Waals surface area contributed by atoms with Gasteiger partial charge in [0.25, 0.3) is 0 Å². The van der Waals surface area contributed by atoms with Crippen LogP contribution in [0, 0.1) is 12.3 Å². The molecule has 2 N–H and O–H groups in total. The summed E-state index contributed by atoms with van der Waals surface area (Å²) in [5.74, 6) is 3.18. The van der Waals surface area contributed by atoms with Crippen LogP contribution < -0.4 is 15.5 Å². The largest absolute Gasteiger partial charge is 0.383 e. The molecule has 24 heavy (non-hydrogen) atoms. The van der Waals surface area contributed by atoms with Gasteiger partial charge in [0.05, 0.1) is 23.6 Å². The van der Waals surface area contributed by atoms with E-state index in [9.17, 15) is 0 Å². The van der Waals surface area contributed by atoms with E-state index in [4.69, 9.17) is 12.2 Å². The summed E-state index contributed by atoms with van der Waals surface area (Å²) >= 11 is 0. The Balaban J connectivity index is 0.00000169. The van der Waals surface area contributed by atoms with Crippen molar-refractivity contribution in [2.45, 2.75) is 0 Å². The molecule has 0 unspecified atom stereocenters. The molecule has 0 aliphatic carbocycles. The van der Waals surface area contributed by atoms with E-state index >= 15 is 0 Å². The summed E-state index contributed by atoms with van der Waals surface area (Å²) in [5.41, 5.74) is 10.9. The molecule has 5 nitrogen and oxygen atoms in total. The Labute approximate surface area is 146 Å². The average Bonchev–Trinajstić information content (AvgIpc) is 2.90. The standard InChI is InChI=1S/C18H15N5.ClH/c1-3-12-5-4-6-13(7-12)23-11-22(2)16-8-14-15(9-17(16)23)20-10-21-18(14)19;/h1,4-10H,11H2,2H3,(H2,19,20,21);1H. The quantitative estimate of drug-likeness (QED) is 0.691. The van der Waals surface area contributed by atoms with Crippen LogP contribution in [0.1, 0.15) is 5.56 Å². The van der Waals surface area contributed by atoms with Crippen LogP contribution in [0.25, 0.3) is 10.9 Å². The molecule has 0 atom stereocenters. The highest BCUT2D eigenvalue weighted by molar-refractivity contribution is 5.98. The van der Waals surface area contributed by atoms with Crippen molar-refractivity contribution in [1.29, 1.82) is 0 Å². The number of hydrogen-bond donors (Lipinski definition) is 1. The topological polar surface area (TPSA) is 58.3 Å². The van der Waals surface area contributed by atoms with Crippen LogP contribution in [0.15, 0.2) is 42.7 Å². The number of nitrogens with two attached hydrogens (primary N) is 1. The minimum atomic E-state index is 0. The number of rotatable bonds is 1. The molecule has 0 saturated heterocycles. The van der Waals surface area contributed by atoms with E-state index in [2.05, 4.69) is 44.9 Å². The van der Waals surface area contributed by atoms with Gasteiger partial charge in [0.15, 0.2) is 0 Å². The predicted octanol–water partition coefficient (Wildman–Crippen LogP) is 3.16. The van der Waals surface area contributed by atoms with Crippen molar-refractivity contribution in [2.24, 2.45) is 0 Å². The van der Waals surface area contributed by atoms with E-state index in [1.54, 1.807) is 0 Å².